The molecule has 0 bridgehead atoms. The van der Waals surface area contributed by atoms with Crippen molar-refractivity contribution in [2.75, 3.05) is 7.11 Å². The average molecular weight is 465 g/mol. The summed E-state index contributed by atoms with van der Waals surface area (Å²) >= 11 is 12.6. The van der Waals surface area contributed by atoms with Crippen LogP contribution in [-0.4, -0.2) is 35.4 Å². The highest BCUT2D eigenvalue weighted by molar-refractivity contribution is 6.36. The fourth-order valence-corrected chi connectivity index (χ4v) is 3.79. The number of halogens is 2. The molecule has 5 nitrogen and oxygen atoms in total. The molecule has 0 unspecified atom stereocenters. The number of ether oxygens (including phenoxy) is 1. The van der Waals surface area contributed by atoms with Crippen molar-refractivity contribution in [1.29, 1.82) is 0 Å². The predicted molar refractivity (Wildman–Crippen MR) is 126 cm³/mol. The number of nitrogens with one attached hydrogen (secondary N) is 1. The molecule has 0 aliphatic carbocycles. The number of nitrogens with zero attached hydrogens (tertiary/aromatic N) is 1. The van der Waals surface area contributed by atoms with Gasteiger partial charge in [-0.15, -0.1) is 0 Å². The molecule has 2 amide bonds. The highest BCUT2D eigenvalue weighted by Gasteiger charge is 2.31. The van der Waals surface area contributed by atoms with Crippen molar-refractivity contribution < 1.29 is 14.3 Å². The molecule has 0 aliphatic rings. The summed E-state index contributed by atoms with van der Waals surface area (Å²) in [6.45, 7) is 7.91. The van der Waals surface area contributed by atoms with Gasteiger partial charge in [0.2, 0.25) is 11.8 Å². The molecule has 0 aromatic heterocycles. The third kappa shape index (κ3) is 7.15. The first-order valence-corrected chi connectivity index (χ1v) is 11.0. The van der Waals surface area contributed by atoms with Crippen LogP contribution in [0.15, 0.2) is 42.5 Å². The fourth-order valence-electron chi connectivity index (χ4n) is 3.25. The van der Waals surface area contributed by atoms with E-state index in [1.165, 1.54) is 0 Å². The molecule has 2 aromatic rings. The van der Waals surface area contributed by atoms with Gasteiger partial charge >= 0.3 is 0 Å². The van der Waals surface area contributed by atoms with Gasteiger partial charge in [0.25, 0.3) is 0 Å². The molecule has 0 fully saturated rings. The van der Waals surface area contributed by atoms with Crippen LogP contribution in [0.5, 0.6) is 5.75 Å². The molecule has 0 aliphatic heterocycles. The number of carbonyl (C=O) groups is 2. The van der Waals surface area contributed by atoms with E-state index in [1.807, 2.05) is 52.0 Å². The molecule has 0 spiro atoms. The van der Waals surface area contributed by atoms with E-state index in [9.17, 15) is 9.59 Å². The van der Waals surface area contributed by atoms with Gasteiger partial charge in [-0.05, 0) is 62.6 Å². The molecule has 0 saturated carbocycles. The quantitative estimate of drug-likeness (QED) is 0.578. The number of methoxy groups -OCH3 is 1. The van der Waals surface area contributed by atoms with Gasteiger partial charge in [-0.25, -0.2) is 0 Å². The zero-order chi connectivity index (χ0) is 23.2. The minimum atomic E-state index is -0.630. The van der Waals surface area contributed by atoms with Crippen LogP contribution in [0.2, 0.25) is 10.0 Å². The van der Waals surface area contributed by atoms with E-state index in [0.29, 0.717) is 22.0 Å². The van der Waals surface area contributed by atoms with Crippen molar-refractivity contribution in [2.45, 2.75) is 58.7 Å². The lowest BCUT2D eigenvalue weighted by molar-refractivity contribution is -0.141. The summed E-state index contributed by atoms with van der Waals surface area (Å²) < 4.78 is 5.21. The Hall–Kier alpha value is -2.24. The molecule has 168 valence electrons. The molecular weight excluding hydrogens is 435 g/mol. The SMILES string of the molecule is CC[C@@H](C(=O)NC(C)(C)C)N(Cc1ccc(OC)cc1)C(=O)Cc1c(Cl)cccc1Cl. The van der Waals surface area contributed by atoms with Crippen LogP contribution >= 0.6 is 23.2 Å². The summed E-state index contributed by atoms with van der Waals surface area (Å²) in [5, 5.41) is 3.85. The van der Waals surface area contributed by atoms with Crippen molar-refractivity contribution in [3.05, 3.63) is 63.6 Å². The van der Waals surface area contributed by atoms with Crippen LogP contribution in [0.25, 0.3) is 0 Å². The maximum Gasteiger partial charge on any atom is 0.243 e. The van der Waals surface area contributed by atoms with Crippen LogP contribution < -0.4 is 10.1 Å². The van der Waals surface area contributed by atoms with E-state index in [-0.39, 0.29) is 24.8 Å². The maximum atomic E-state index is 13.4. The molecule has 1 atom stereocenters. The van der Waals surface area contributed by atoms with Crippen molar-refractivity contribution in [3.63, 3.8) is 0 Å². The summed E-state index contributed by atoms with van der Waals surface area (Å²) in [5.74, 6) is 0.311. The first-order valence-electron chi connectivity index (χ1n) is 10.2. The van der Waals surface area contributed by atoms with Crippen LogP contribution in [-0.2, 0) is 22.6 Å². The van der Waals surface area contributed by atoms with Gasteiger partial charge in [-0.2, -0.15) is 0 Å². The molecule has 0 saturated heterocycles. The van der Waals surface area contributed by atoms with Crippen LogP contribution in [0.4, 0.5) is 0 Å². The molecule has 2 rings (SSSR count). The van der Waals surface area contributed by atoms with Crippen LogP contribution in [0.1, 0.15) is 45.2 Å². The number of hydrogen-bond donors (Lipinski definition) is 1. The average Bonchev–Trinajstić information content (AvgIpc) is 2.69. The number of carbonyl (C=O) groups excluding carboxylic acids is 2. The Kier molecular flexibility index (Phi) is 8.78. The number of benzene rings is 2. The number of hydrogen-bond acceptors (Lipinski definition) is 3. The third-order valence-electron chi connectivity index (χ3n) is 4.79. The molecular formula is C24H30Cl2N2O3. The molecule has 2 aromatic carbocycles. The van der Waals surface area contributed by atoms with Gasteiger partial charge < -0.3 is 15.0 Å². The van der Waals surface area contributed by atoms with Crippen LogP contribution in [0.3, 0.4) is 0 Å². The van der Waals surface area contributed by atoms with Crippen molar-refractivity contribution in [3.8, 4) is 5.75 Å². The minimum absolute atomic E-state index is 0.00790. The number of amides is 2. The summed E-state index contributed by atoms with van der Waals surface area (Å²) in [4.78, 5) is 28.1. The zero-order valence-electron chi connectivity index (χ0n) is 18.7. The van der Waals surface area contributed by atoms with E-state index in [1.54, 1.807) is 30.2 Å². The van der Waals surface area contributed by atoms with E-state index >= 15 is 0 Å². The topological polar surface area (TPSA) is 58.6 Å². The summed E-state index contributed by atoms with van der Waals surface area (Å²) in [5.41, 5.74) is 1.04. The van der Waals surface area contributed by atoms with Crippen molar-refractivity contribution >= 4 is 35.0 Å². The van der Waals surface area contributed by atoms with E-state index in [0.717, 1.165) is 11.3 Å². The molecule has 7 heteroatoms. The summed E-state index contributed by atoms with van der Waals surface area (Å²) in [6, 6.07) is 11.9. The van der Waals surface area contributed by atoms with E-state index in [4.69, 9.17) is 27.9 Å². The number of rotatable bonds is 8. The van der Waals surface area contributed by atoms with Gasteiger partial charge in [0.15, 0.2) is 0 Å². The second kappa shape index (κ2) is 10.9. The summed E-state index contributed by atoms with van der Waals surface area (Å²) in [7, 11) is 1.60. The monoisotopic (exact) mass is 464 g/mol. The highest BCUT2D eigenvalue weighted by atomic mass is 35.5. The zero-order valence-corrected chi connectivity index (χ0v) is 20.2. The Morgan fingerprint density at radius 2 is 1.65 bits per heavy atom. The maximum absolute atomic E-state index is 13.4. The van der Waals surface area contributed by atoms with Crippen molar-refractivity contribution in [2.24, 2.45) is 0 Å². The standard InChI is InChI=1S/C24H30Cl2N2O3/c1-6-21(23(30)27-24(2,3)4)28(15-16-10-12-17(31-5)13-11-16)22(29)14-18-19(25)8-7-9-20(18)26/h7-13,21H,6,14-15H2,1-5H3,(H,27,30)/t21-/m0/s1. The smallest absolute Gasteiger partial charge is 0.243 e. The van der Waals surface area contributed by atoms with Crippen LogP contribution in [0, 0.1) is 0 Å². The minimum Gasteiger partial charge on any atom is -0.497 e. The molecule has 0 radical (unpaired) electrons. The van der Waals surface area contributed by atoms with Crippen molar-refractivity contribution in [1.82, 2.24) is 10.2 Å². The lowest BCUT2D eigenvalue weighted by atomic mass is 10.0. The first kappa shape index (κ1) is 25.0. The van der Waals surface area contributed by atoms with Gasteiger partial charge in [0.1, 0.15) is 11.8 Å². The largest absolute Gasteiger partial charge is 0.497 e. The Morgan fingerprint density at radius 1 is 1.06 bits per heavy atom. The predicted octanol–water partition coefficient (Wildman–Crippen LogP) is 5.27. The van der Waals surface area contributed by atoms with Gasteiger partial charge in [0.05, 0.1) is 13.5 Å². The molecule has 31 heavy (non-hydrogen) atoms. The van der Waals surface area contributed by atoms with Gasteiger partial charge in [0, 0.05) is 22.1 Å². The third-order valence-corrected chi connectivity index (χ3v) is 5.49. The first-order chi connectivity index (χ1) is 14.6. The van der Waals surface area contributed by atoms with E-state index in [2.05, 4.69) is 5.32 Å². The molecule has 0 heterocycles. The Labute approximate surface area is 194 Å². The second-order valence-corrected chi connectivity index (χ2v) is 9.22. The van der Waals surface area contributed by atoms with Gasteiger partial charge in [-0.1, -0.05) is 48.3 Å². The second-order valence-electron chi connectivity index (χ2n) is 8.41. The van der Waals surface area contributed by atoms with Gasteiger partial charge in [-0.3, -0.25) is 9.59 Å². The Balaban J connectivity index is 2.37. The highest BCUT2D eigenvalue weighted by Crippen LogP contribution is 2.26. The molecule has 1 N–H and O–H groups in total. The normalized spacial score (nSPS) is 12.2. The Morgan fingerprint density at radius 3 is 2.13 bits per heavy atom. The Bertz CT molecular complexity index is 888. The fraction of sp³-hybridized carbons (Fsp3) is 0.417. The summed E-state index contributed by atoms with van der Waals surface area (Å²) in [6.07, 6.45) is 0.480. The lowest BCUT2D eigenvalue weighted by Gasteiger charge is -2.33. The van der Waals surface area contributed by atoms with E-state index < -0.39 is 11.6 Å². The lowest BCUT2D eigenvalue weighted by Crippen LogP contribution is -2.53.